The summed E-state index contributed by atoms with van der Waals surface area (Å²) in [5, 5.41) is 0.122. The lowest BCUT2D eigenvalue weighted by Gasteiger charge is -2.09. The molecule has 1 aromatic rings. The second-order valence-corrected chi connectivity index (χ2v) is 6.55. The van der Waals surface area contributed by atoms with Crippen LogP contribution in [0.4, 0.5) is 5.69 Å². The fraction of sp³-hybridized carbons (Fsp3) is 0.538. The van der Waals surface area contributed by atoms with Crippen molar-refractivity contribution in [2.45, 2.75) is 31.1 Å². The van der Waals surface area contributed by atoms with Gasteiger partial charge in [0.15, 0.2) is 0 Å². The molecule has 0 fully saturated rings. The Bertz CT molecular complexity index is 520. The Labute approximate surface area is 125 Å². The van der Waals surface area contributed by atoms with Crippen molar-refractivity contribution in [2.75, 3.05) is 25.5 Å². The Morgan fingerprint density at radius 3 is 2.65 bits per heavy atom. The first-order valence-corrected chi connectivity index (χ1v) is 8.46. The van der Waals surface area contributed by atoms with Crippen LogP contribution in [-0.2, 0) is 14.8 Å². The monoisotopic (exact) mass is 320 g/mol. The van der Waals surface area contributed by atoms with Gasteiger partial charge in [0.2, 0.25) is 10.0 Å². The molecule has 0 spiro atoms. The van der Waals surface area contributed by atoms with E-state index in [9.17, 15) is 8.42 Å². The molecule has 5 nitrogen and oxygen atoms in total. The van der Waals surface area contributed by atoms with Crippen LogP contribution in [0.15, 0.2) is 23.1 Å². The van der Waals surface area contributed by atoms with E-state index in [4.69, 9.17) is 22.1 Å². The van der Waals surface area contributed by atoms with Gasteiger partial charge >= 0.3 is 0 Å². The molecule has 0 bridgehead atoms. The van der Waals surface area contributed by atoms with E-state index >= 15 is 0 Å². The minimum Gasteiger partial charge on any atom is -0.399 e. The number of unbranched alkanes of at least 4 members (excludes halogenated alkanes) is 1. The molecule has 114 valence electrons. The van der Waals surface area contributed by atoms with Gasteiger partial charge in [-0.25, -0.2) is 13.1 Å². The van der Waals surface area contributed by atoms with E-state index in [1.807, 2.05) is 0 Å². The zero-order chi connectivity index (χ0) is 15.0. The summed E-state index contributed by atoms with van der Waals surface area (Å²) in [6, 6.07) is 4.33. The quantitative estimate of drug-likeness (QED) is 0.541. The maximum absolute atomic E-state index is 12.0. The molecular weight excluding hydrogens is 300 g/mol. The molecule has 0 unspecified atom stereocenters. The number of ether oxygens (including phenoxy) is 1. The van der Waals surface area contributed by atoms with E-state index in [1.54, 1.807) is 0 Å². The Kier molecular flexibility index (Phi) is 7.29. The minimum atomic E-state index is -3.60. The molecule has 0 aromatic heterocycles. The Morgan fingerprint density at radius 1 is 1.30 bits per heavy atom. The number of benzene rings is 1. The lowest BCUT2D eigenvalue weighted by atomic mass is 10.3. The molecule has 0 heterocycles. The highest BCUT2D eigenvalue weighted by molar-refractivity contribution is 7.89. The minimum absolute atomic E-state index is 0.0419. The molecule has 7 heteroatoms. The van der Waals surface area contributed by atoms with Gasteiger partial charge in [0.1, 0.15) is 4.90 Å². The van der Waals surface area contributed by atoms with Crippen molar-refractivity contribution in [3.8, 4) is 0 Å². The third-order valence-electron chi connectivity index (χ3n) is 2.65. The van der Waals surface area contributed by atoms with E-state index in [-0.39, 0.29) is 9.92 Å². The molecule has 0 radical (unpaired) electrons. The van der Waals surface area contributed by atoms with E-state index in [0.29, 0.717) is 31.9 Å². The Morgan fingerprint density at radius 2 is 2.00 bits per heavy atom. The van der Waals surface area contributed by atoms with Crippen LogP contribution in [0.3, 0.4) is 0 Å². The number of anilines is 1. The fourth-order valence-electron chi connectivity index (χ4n) is 1.54. The van der Waals surface area contributed by atoms with Crippen molar-refractivity contribution in [1.82, 2.24) is 4.72 Å². The highest BCUT2D eigenvalue weighted by Gasteiger charge is 2.17. The van der Waals surface area contributed by atoms with Crippen LogP contribution in [0.1, 0.15) is 26.2 Å². The third-order valence-corrected chi connectivity index (χ3v) is 4.59. The van der Waals surface area contributed by atoms with Gasteiger partial charge in [-0.15, -0.1) is 0 Å². The third kappa shape index (κ3) is 5.66. The zero-order valence-electron chi connectivity index (χ0n) is 11.6. The lowest BCUT2D eigenvalue weighted by Crippen LogP contribution is -2.26. The summed E-state index contributed by atoms with van der Waals surface area (Å²) in [5.74, 6) is 0. The van der Waals surface area contributed by atoms with Gasteiger partial charge in [-0.1, -0.05) is 24.9 Å². The predicted octanol–water partition coefficient (Wildman–Crippen LogP) is 2.41. The van der Waals surface area contributed by atoms with E-state index < -0.39 is 10.0 Å². The summed E-state index contributed by atoms with van der Waals surface area (Å²) in [6.45, 7) is 3.66. The number of nitrogens with two attached hydrogens (primary N) is 1. The highest BCUT2D eigenvalue weighted by atomic mass is 35.5. The first-order valence-electron chi connectivity index (χ1n) is 6.60. The Hall–Kier alpha value is -0.820. The number of hydrogen-bond acceptors (Lipinski definition) is 4. The fourth-order valence-corrected chi connectivity index (χ4v) is 3.17. The second kappa shape index (κ2) is 8.46. The van der Waals surface area contributed by atoms with Crippen LogP contribution in [0.5, 0.6) is 0 Å². The molecule has 0 saturated carbocycles. The molecule has 3 N–H and O–H groups in total. The maximum atomic E-state index is 12.0. The molecule has 0 aliphatic rings. The molecule has 0 aliphatic heterocycles. The first-order chi connectivity index (χ1) is 9.47. The average Bonchev–Trinajstić information content (AvgIpc) is 2.37. The number of nitrogen functional groups attached to an aromatic ring is 1. The van der Waals surface area contributed by atoms with Crippen molar-refractivity contribution in [3.05, 3.63) is 23.2 Å². The van der Waals surface area contributed by atoms with Crippen molar-refractivity contribution < 1.29 is 13.2 Å². The summed E-state index contributed by atoms with van der Waals surface area (Å²) in [7, 11) is -3.60. The van der Waals surface area contributed by atoms with Crippen LogP contribution < -0.4 is 10.5 Å². The normalized spacial score (nSPS) is 11.7. The van der Waals surface area contributed by atoms with Crippen molar-refractivity contribution in [3.63, 3.8) is 0 Å². The van der Waals surface area contributed by atoms with Gasteiger partial charge in [0.05, 0.1) is 5.02 Å². The number of hydrogen-bond donors (Lipinski definition) is 2. The molecule has 1 rings (SSSR count). The second-order valence-electron chi connectivity index (χ2n) is 4.41. The SMILES string of the molecule is CCCCOCCCNS(=O)(=O)c1ccc(N)cc1Cl. The average molecular weight is 321 g/mol. The summed E-state index contributed by atoms with van der Waals surface area (Å²) in [5.41, 5.74) is 5.96. The molecule has 0 saturated heterocycles. The van der Waals surface area contributed by atoms with E-state index in [2.05, 4.69) is 11.6 Å². The van der Waals surface area contributed by atoms with Crippen LogP contribution in [0, 0.1) is 0 Å². The van der Waals surface area contributed by atoms with Gasteiger partial charge in [-0.2, -0.15) is 0 Å². The summed E-state index contributed by atoms with van der Waals surface area (Å²) < 4.78 is 31.9. The van der Waals surface area contributed by atoms with Gasteiger partial charge in [0.25, 0.3) is 0 Å². The van der Waals surface area contributed by atoms with Crippen LogP contribution >= 0.6 is 11.6 Å². The predicted molar refractivity (Wildman–Crippen MR) is 81.4 cm³/mol. The molecule has 0 amide bonds. The van der Waals surface area contributed by atoms with E-state index in [0.717, 1.165) is 12.8 Å². The number of nitrogens with one attached hydrogen (secondary N) is 1. The summed E-state index contributed by atoms with van der Waals surface area (Å²) in [6.07, 6.45) is 2.73. The van der Waals surface area contributed by atoms with E-state index in [1.165, 1.54) is 18.2 Å². The summed E-state index contributed by atoms with van der Waals surface area (Å²) >= 11 is 5.89. The topological polar surface area (TPSA) is 81.4 Å². The van der Waals surface area contributed by atoms with Crippen LogP contribution in [0.2, 0.25) is 5.02 Å². The maximum Gasteiger partial charge on any atom is 0.242 e. The van der Waals surface area contributed by atoms with Gasteiger partial charge in [0, 0.05) is 25.4 Å². The van der Waals surface area contributed by atoms with Crippen molar-refractivity contribution >= 4 is 27.3 Å². The number of halogens is 1. The first kappa shape index (κ1) is 17.2. The number of sulfonamides is 1. The molecule has 20 heavy (non-hydrogen) atoms. The Balaban J connectivity index is 2.42. The van der Waals surface area contributed by atoms with Gasteiger partial charge in [-0.05, 0) is 31.0 Å². The van der Waals surface area contributed by atoms with Crippen molar-refractivity contribution in [2.24, 2.45) is 0 Å². The largest absolute Gasteiger partial charge is 0.399 e. The molecular formula is C13H21ClN2O3S. The molecule has 1 aromatic carbocycles. The number of rotatable bonds is 9. The van der Waals surface area contributed by atoms with Gasteiger partial charge in [-0.3, -0.25) is 0 Å². The van der Waals surface area contributed by atoms with Gasteiger partial charge < -0.3 is 10.5 Å². The lowest BCUT2D eigenvalue weighted by molar-refractivity contribution is 0.130. The zero-order valence-corrected chi connectivity index (χ0v) is 13.1. The smallest absolute Gasteiger partial charge is 0.242 e. The highest BCUT2D eigenvalue weighted by Crippen LogP contribution is 2.23. The summed E-state index contributed by atoms with van der Waals surface area (Å²) in [4.78, 5) is 0.0419. The molecule has 0 aliphatic carbocycles. The van der Waals surface area contributed by atoms with Crippen molar-refractivity contribution in [1.29, 1.82) is 0 Å². The van der Waals surface area contributed by atoms with Crippen LogP contribution in [0.25, 0.3) is 0 Å². The molecule has 0 atom stereocenters. The van der Waals surface area contributed by atoms with Crippen LogP contribution in [-0.4, -0.2) is 28.2 Å². The standard InChI is InChI=1S/C13H21ClN2O3S/c1-2-3-8-19-9-4-7-16-20(17,18)13-6-5-11(15)10-12(13)14/h5-6,10,16H,2-4,7-9,15H2,1H3.